The maximum atomic E-state index is 12.0. The Kier molecular flexibility index (Phi) is 5.35. The summed E-state index contributed by atoms with van der Waals surface area (Å²) in [6.07, 6.45) is 5.32. The van der Waals surface area contributed by atoms with Gasteiger partial charge in [0.2, 0.25) is 0 Å². The van der Waals surface area contributed by atoms with Gasteiger partial charge in [-0.05, 0) is 67.3 Å². The molecule has 8 heteroatoms. The Morgan fingerprint density at radius 1 is 1.19 bits per heavy atom. The molecule has 2 aliphatic rings. The van der Waals surface area contributed by atoms with Gasteiger partial charge in [0.05, 0.1) is 22.3 Å². The quantitative estimate of drug-likeness (QED) is 0.633. The van der Waals surface area contributed by atoms with Gasteiger partial charge in [-0.2, -0.15) is 0 Å². The Morgan fingerprint density at radius 2 is 2.06 bits per heavy atom. The summed E-state index contributed by atoms with van der Waals surface area (Å²) in [5.41, 5.74) is 7.68. The third kappa shape index (κ3) is 3.96. The number of nitrogens with zero attached hydrogens (tertiary/aromatic N) is 3. The minimum Gasteiger partial charge on any atom is -0.378 e. The monoisotopic (exact) mass is 449 g/mol. The van der Waals surface area contributed by atoms with Crippen LogP contribution < -0.4 is 10.6 Å². The number of aromatic nitrogens is 3. The van der Waals surface area contributed by atoms with Crippen molar-refractivity contribution in [3.05, 3.63) is 65.4 Å². The second kappa shape index (κ2) is 8.18. The zero-order valence-corrected chi connectivity index (χ0v) is 19.1. The molecule has 3 heterocycles. The molecule has 0 spiro atoms. The van der Waals surface area contributed by atoms with Gasteiger partial charge in [-0.1, -0.05) is 29.5 Å². The van der Waals surface area contributed by atoms with Crippen molar-refractivity contribution in [2.24, 2.45) is 0 Å². The Bertz CT molecular complexity index is 1310. The standard InChI is InChI=1S/C24H27N5O2S/c1-16-24-21-7-6-18(17-8-11-25-12-9-17)14-22(21)23(10-13-29(24)28-27-16)26-19-4-3-5-20(15-19)32(2,30)31/h3-8,14-15,23,25-26H,9-13H2,1-2H3. The fraction of sp³-hybridized carbons (Fsp3) is 0.333. The molecule has 32 heavy (non-hydrogen) atoms. The Hall–Kier alpha value is -2.97. The van der Waals surface area contributed by atoms with E-state index in [1.807, 2.05) is 17.7 Å². The smallest absolute Gasteiger partial charge is 0.175 e. The van der Waals surface area contributed by atoms with Crippen molar-refractivity contribution >= 4 is 21.1 Å². The minimum absolute atomic E-state index is 0.0168. The molecular weight excluding hydrogens is 422 g/mol. The van der Waals surface area contributed by atoms with Gasteiger partial charge in [0.15, 0.2) is 9.84 Å². The summed E-state index contributed by atoms with van der Waals surface area (Å²) in [6, 6.07) is 13.7. The molecule has 0 saturated heterocycles. The normalized spacial score (nSPS) is 18.3. The van der Waals surface area contributed by atoms with E-state index in [4.69, 9.17) is 0 Å². The van der Waals surface area contributed by atoms with E-state index in [9.17, 15) is 8.42 Å². The SMILES string of the molecule is Cc1nnn2c1-c1ccc(C3=CCNCC3)cc1C(Nc1cccc(S(C)(=O)=O)c1)CC2. The number of fused-ring (bicyclic) bond motifs is 3. The fourth-order valence-electron chi connectivity index (χ4n) is 4.62. The van der Waals surface area contributed by atoms with E-state index in [-0.39, 0.29) is 6.04 Å². The maximum Gasteiger partial charge on any atom is 0.175 e. The first-order valence-electron chi connectivity index (χ1n) is 10.9. The van der Waals surface area contributed by atoms with Crippen molar-refractivity contribution in [3.63, 3.8) is 0 Å². The van der Waals surface area contributed by atoms with E-state index < -0.39 is 9.84 Å². The number of rotatable bonds is 4. The van der Waals surface area contributed by atoms with Crippen molar-refractivity contribution < 1.29 is 8.42 Å². The minimum atomic E-state index is -3.27. The molecule has 166 valence electrons. The maximum absolute atomic E-state index is 12.0. The van der Waals surface area contributed by atoms with Crippen molar-refractivity contribution in [3.8, 4) is 11.3 Å². The molecule has 0 bridgehead atoms. The number of benzene rings is 2. The number of nitrogens with one attached hydrogen (secondary N) is 2. The fourth-order valence-corrected chi connectivity index (χ4v) is 5.28. The predicted molar refractivity (Wildman–Crippen MR) is 126 cm³/mol. The number of sulfone groups is 1. The predicted octanol–water partition coefficient (Wildman–Crippen LogP) is 3.59. The lowest BCUT2D eigenvalue weighted by Gasteiger charge is -2.23. The highest BCUT2D eigenvalue weighted by Gasteiger charge is 2.26. The molecule has 2 aromatic carbocycles. The zero-order chi connectivity index (χ0) is 22.3. The molecule has 1 aromatic heterocycles. The average Bonchev–Trinajstić information content (AvgIpc) is 3.08. The summed E-state index contributed by atoms with van der Waals surface area (Å²) >= 11 is 0. The molecule has 0 radical (unpaired) electrons. The van der Waals surface area contributed by atoms with Crippen LogP contribution in [0.5, 0.6) is 0 Å². The first-order valence-corrected chi connectivity index (χ1v) is 12.8. The van der Waals surface area contributed by atoms with Crippen LogP contribution in [0.3, 0.4) is 0 Å². The van der Waals surface area contributed by atoms with Crippen molar-refractivity contribution in [2.45, 2.75) is 37.2 Å². The molecule has 0 fully saturated rings. The Balaban J connectivity index is 1.59. The first kappa shape index (κ1) is 20.9. The molecule has 0 aliphatic carbocycles. The van der Waals surface area contributed by atoms with Crippen LogP contribution in [0.25, 0.3) is 16.8 Å². The highest BCUT2D eigenvalue weighted by Crippen LogP contribution is 2.38. The van der Waals surface area contributed by atoms with E-state index in [0.29, 0.717) is 4.90 Å². The number of aryl methyl sites for hydroxylation is 2. The Labute approximate surface area is 188 Å². The highest BCUT2D eigenvalue weighted by molar-refractivity contribution is 7.90. The molecule has 5 rings (SSSR count). The van der Waals surface area contributed by atoms with Crippen LogP contribution in [0.1, 0.15) is 35.7 Å². The second-order valence-electron chi connectivity index (χ2n) is 8.52. The third-order valence-electron chi connectivity index (χ3n) is 6.25. The summed E-state index contributed by atoms with van der Waals surface area (Å²) in [7, 11) is -3.27. The zero-order valence-electron chi connectivity index (χ0n) is 18.3. The van der Waals surface area contributed by atoms with Gasteiger partial charge in [-0.3, -0.25) is 0 Å². The van der Waals surface area contributed by atoms with Crippen LogP contribution in [0.4, 0.5) is 5.69 Å². The van der Waals surface area contributed by atoms with Crippen LogP contribution in [-0.4, -0.2) is 42.8 Å². The van der Waals surface area contributed by atoms with E-state index >= 15 is 0 Å². The molecular formula is C24H27N5O2S. The highest BCUT2D eigenvalue weighted by atomic mass is 32.2. The van der Waals surface area contributed by atoms with Gasteiger partial charge >= 0.3 is 0 Å². The number of hydrogen-bond acceptors (Lipinski definition) is 6. The molecule has 0 saturated carbocycles. The molecule has 1 atom stereocenters. The first-order chi connectivity index (χ1) is 15.4. The lowest BCUT2D eigenvalue weighted by molar-refractivity contribution is 0.539. The van der Waals surface area contributed by atoms with E-state index in [1.54, 1.807) is 18.2 Å². The topological polar surface area (TPSA) is 88.9 Å². The average molecular weight is 450 g/mol. The molecule has 2 aliphatic heterocycles. The summed E-state index contributed by atoms with van der Waals surface area (Å²) < 4.78 is 26.1. The summed E-state index contributed by atoms with van der Waals surface area (Å²) in [5.74, 6) is 0. The van der Waals surface area contributed by atoms with E-state index in [1.165, 1.54) is 23.0 Å². The van der Waals surface area contributed by atoms with Crippen LogP contribution in [-0.2, 0) is 16.4 Å². The van der Waals surface area contributed by atoms with Crippen molar-refractivity contribution in [2.75, 3.05) is 24.7 Å². The molecule has 2 N–H and O–H groups in total. The largest absolute Gasteiger partial charge is 0.378 e. The van der Waals surface area contributed by atoms with Gasteiger partial charge in [0, 0.05) is 30.6 Å². The van der Waals surface area contributed by atoms with E-state index in [2.05, 4.69) is 45.2 Å². The lowest BCUT2D eigenvalue weighted by atomic mass is 9.90. The number of hydrogen-bond donors (Lipinski definition) is 2. The van der Waals surface area contributed by atoms with Crippen LogP contribution in [0.2, 0.25) is 0 Å². The van der Waals surface area contributed by atoms with E-state index in [0.717, 1.165) is 55.1 Å². The van der Waals surface area contributed by atoms with Crippen LogP contribution >= 0.6 is 0 Å². The summed E-state index contributed by atoms with van der Waals surface area (Å²) in [5, 5.41) is 15.6. The van der Waals surface area contributed by atoms with Crippen molar-refractivity contribution in [1.82, 2.24) is 20.3 Å². The van der Waals surface area contributed by atoms with Gasteiger partial charge < -0.3 is 10.6 Å². The lowest BCUT2D eigenvalue weighted by Crippen LogP contribution is -2.20. The van der Waals surface area contributed by atoms with Gasteiger partial charge in [-0.15, -0.1) is 5.10 Å². The van der Waals surface area contributed by atoms with Gasteiger partial charge in [0.25, 0.3) is 0 Å². The third-order valence-corrected chi connectivity index (χ3v) is 7.36. The van der Waals surface area contributed by atoms with Crippen molar-refractivity contribution in [1.29, 1.82) is 0 Å². The second-order valence-corrected chi connectivity index (χ2v) is 10.5. The van der Waals surface area contributed by atoms with Gasteiger partial charge in [0.1, 0.15) is 0 Å². The van der Waals surface area contributed by atoms with Crippen LogP contribution in [0.15, 0.2) is 53.4 Å². The van der Waals surface area contributed by atoms with Gasteiger partial charge in [-0.25, -0.2) is 13.1 Å². The molecule has 7 nitrogen and oxygen atoms in total. The molecule has 3 aromatic rings. The number of anilines is 1. The van der Waals surface area contributed by atoms with Crippen LogP contribution in [0, 0.1) is 6.92 Å². The summed E-state index contributed by atoms with van der Waals surface area (Å²) in [6.45, 7) is 4.60. The summed E-state index contributed by atoms with van der Waals surface area (Å²) in [4.78, 5) is 0.318. The molecule has 1 unspecified atom stereocenters. The molecule has 0 amide bonds. The Morgan fingerprint density at radius 3 is 2.84 bits per heavy atom.